The average molecular weight is 257 g/mol. The molecule has 3 N–H and O–H groups in total. The maximum atomic E-state index is 13.4. The molecule has 18 heavy (non-hydrogen) atoms. The predicted molar refractivity (Wildman–Crippen MR) is 65.4 cm³/mol. The van der Waals surface area contributed by atoms with Crippen molar-refractivity contribution in [2.75, 3.05) is 5.73 Å². The summed E-state index contributed by atoms with van der Waals surface area (Å²) in [6, 6.07) is 0.887. The summed E-state index contributed by atoms with van der Waals surface area (Å²) in [7, 11) is 1.02. The number of nitrogen functional groups attached to an aromatic ring is 1. The first-order valence-electron chi connectivity index (χ1n) is 5.39. The second-order valence-electron chi connectivity index (χ2n) is 5.04. The Labute approximate surface area is 105 Å². The van der Waals surface area contributed by atoms with Crippen LogP contribution in [0.25, 0.3) is 0 Å². The fourth-order valence-electron chi connectivity index (χ4n) is 0.931. The fraction of sp³-hybridized carbons (Fsp3) is 0.545. The maximum absolute atomic E-state index is 13.4. The van der Waals surface area contributed by atoms with Crippen molar-refractivity contribution in [1.82, 2.24) is 4.98 Å². The van der Waals surface area contributed by atoms with Crippen LogP contribution in [-0.2, 0) is 4.65 Å². The molecule has 99 valence electrons. The largest absolute Gasteiger partial charge is 0.426 e. The van der Waals surface area contributed by atoms with Crippen molar-refractivity contribution in [3.63, 3.8) is 0 Å². The Morgan fingerprint density at radius 2 is 1.89 bits per heavy atom. The van der Waals surface area contributed by atoms with Crippen molar-refractivity contribution in [3.05, 3.63) is 17.8 Å². The Kier molecular flexibility index (Phi) is 3.97. The number of aliphatic hydroxyl groups is 1. The molecule has 1 radical (unpaired) electrons. The van der Waals surface area contributed by atoms with Crippen LogP contribution in [0.2, 0.25) is 0 Å². The molecule has 1 aromatic rings. The molecule has 0 unspecified atom stereocenters. The number of rotatable bonds is 4. The van der Waals surface area contributed by atoms with Crippen LogP contribution < -0.4 is 11.2 Å². The van der Waals surface area contributed by atoms with E-state index in [4.69, 9.17) is 10.4 Å². The predicted octanol–water partition coefficient (Wildman–Crippen LogP) is 0.753. The third-order valence-electron chi connectivity index (χ3n) is 2.94. The van der Waals surface area contributed by atoms with Crippen LogP contribution in [0.1, 0.15) is 27.7 Å². The van der Waals surface area contributed by atoms with Crippen LogP contribution in [0.4, 0.5) is 14.6 Å². The van der Waals surface area contributed by atoms with E-state index >= 15 is 0 Å². The maximum Gasteiger partial charge on any atom is 0.335 e. The van der Waals surface area contributed by atoms with Gasteiger partial charge < -0.3 is 15.5 Å². The summed E-state index contributed by atoms with van der Waals surface area (Å²) >= 11 is 0. The highest BCUT2D eigenvalue weighted by molar-refractivity contribution is 6.47. The zero-order valence-electron chi connectivity index (χ0n) is 10.8. The van der Waals surface area contributed by atoms with Gasteiger partial charge >= 0.3 is 7.48 Å². The number of halogens is 2. The summed E-state index contributed by atoms with van der Waals surface area (Å²) in [4.78, 5) is 3.20. The molecule has 7 heteroatoms. The number of hydrogen-bond donors (Lipinski definition) is 2. The first-order chi connectivity index (χ1) is 8.04. The van der Waals surface area contributed by atoms with E-state index in [0.717, 1.165) is 13.5 Å². The summed E-state index contributed by atoms with van der Waals surface area (Å²) < 4.78 is 31.8. The second kappa shape index (κ2) is 4.82. The Bertz CT molecular complexity index is 447. The molecule has 0 aliphatic carbocycles. The number of aromatic nitrogens is 1. The van der Waals surface area contributed by atoms with Crippen molar-refractivity contribution < 1.29 is 18.5 Å². The molecule has 0 spiro atoms. The number of pyridine rings is 1. The van der Waals surface area contributed by atoms with Gasteiger partial charge in [-0.15, -0.1) is 0 Å². The Balaban J connectivity index is 2.85. The van der Waals surface area contributed by atoms with E-state index in [0.29, 0.717) is 0 Å². The molecule has 0 amide bonds. The van der Waals surface area contributed by atoms with Crippen molar-refractivity contribution >= 4 is 18.8 Å². The van der Waals surface area contributed by atoms with Gasteiger partial charge in [0.25, 0.3) is 0 Å². The van der Waals surface area contributed by atoms with Gasteiger partial charge in [0.1, 0.15) is 0 Å². The van der Waals surface area contributed by atoms with Gasteiger partial charge in [-0.2, -0.15) is 4.39 Å². The minimum absolute atomic E-state index is 0.168. The van der Waals surface area contributed by atoms with E-state index in [1.54, 1.807) is 27.7 Å². The van der Waals surface area contributed by atoms with Gasteiger partial charge in [0, 0.05) is 5.46 Å². The first-order valence-corrected chi connectivity index (χ1v) is 5.39. The summed E-state index contributed by atoms with van der Waals surface area (Å²) in [6.45, 7) is 6.36. The molecule has 1 heterocycles. The zero-order valence-corrected chi connectivity index (χ0v) is 10.8. The van der Waals surface area contributed by atoms with E-state index in [9.17, 15) is 13.9 Å². The van der Waals surface area contributed by atoms with Gasteiger partial charge in [-0.25, -0.2) is 9.37 Å². The molecular weight excluding hydrogens is 241 g/mol. The van der Waals surface area contributed by atoms with Crippen LogP contribution in [0.3, 0.4) is 0 Å². The summed E-state index contributed by atoms with van der Waals surface area (Å²) in [6.07, 6.45) is 0. The van der Waals surface area contributed by atoms with Gasteiger partial charge in [-0.3, -0.25) is 0 Å². The summed E-state index contributed by atoms with van der Waals surface area (Å²) in [5.41, 5.74) is 2.82. The van der Waals surface area contributed by atoms with E-state index < -0.39 is 28.8 Å². The second-order valence-corrected chi connectivity index (χ2v) is 5.04. The lowest BCUT2D eigenvalue weighted by Gasteiger charge is -2.37. The molecule has 0 bridgehead atoms. The van der Waals surface area contributed by atoms with Crippen LogP contribution in [0.15, 0.2) is 6.07 Å². The molecule has 0 saturated carbocycles. The molecule has 0 aliphatic heterocycles. The van der Waals surface area contributed by atoms with Gasteiger partial charge in [0.05, 0.1) is 11.2 Å². The van der Waals surface area contributed by atoms with Crippen LogP contribution in [-0.4, -0.2) is 28.8 Å². The molecule has 0 fully saturated rings. The van der Waals surface area contributed by atoms with E-state index in [-0.39, 0.29) is 5.46 Å². The highest BCUT2D eigenvalue weighted by Crippen LogP contribution is 2.24. The van der Waals surface area contributed by atoms with Crippen LogP contribution >= 0.6 is 0 Å². The minimum Gasteiger partial charge on any atom is -0.426 e. The molecule has 0 saturated heterocycles. The van der Waals surface area contributed by atoms with Crippen LogP contribution in [0.5, 0.6) is 0 Å². The normalized spacial score (nSPS) is 12.6. The molecule has 0 aliphatic rings. The smallest absolute Gasteiger partial charge is 0.335 e. The average Bonchev–Trinajstić information content (AvgIpc) is 2.20. The SMILES string of the molecule is CC(C)(O)C(C)(C)O[B]c1cc(F)c(N)nc1F. The van der Waals surface area contributed by atoms with Gasteiger partial charge in [-0.1, -0.05) is 0 Å². The quantitative estimate of drug-likeness (QED) is 0.617. The van der Waals surface area contributed by atoms with Crippen molar-refractivity contribution in [3.8, 4) is 0 Å². The van der Waals surface area contributed by atoms with Crippen molar-refractivity contribution in [2.45, 2.75) is 38.9 Å². The number of nitrogens with two attached hydrogens (primary N) is 1. The highest BCUT2D eigenvalue weighted by Gasteiger charge is 2.36. The lowest BCUT2D eigenvalue weighted by molar-refractivity contribution is -0.0893. The van der Waals surface area contributed by atoms with E-state index in [1.165, 1.54) is 0 Å². The van der Waals surface area contributed by atoms with Gasteiger partial charge in [0.15, 0.2) is 11.6 Å². The Morgan fingerprint density at radius 1 is 1.33 bits per heavy atom. The lowest BCUT2D eigenvalue weighted by atomic mass is 9.83. The fourth-order valence-corrected chi connectivity index (χ4v) is 0.931. The number of anilines is 1. The third-order valence-corrected chi connectivity index (χ3v) is 2.94. The molecule has 0 atom stereocenters. The monoisotopic (exact) mass is 257 g/mol. The van der Waals surface area contributed by atoms with Gasteiger partial charge in [0.2, 0.25) is 5.95 Å². The number of nitrogens with zero attached hydrogens (tertiary/aromatic N) is 1. The van der Waals surface area contributed by atoms with Crippen molar-refractivity contribution in [2.24, 2.45) is 0 Å². The minimum atomic E-state index is -1.15. The topological polar surface area (TPSA) is 68.4 Å². The summed E-state index contributed by atoms with van der Waals surface area (Å²) in [5, 5.41) is 9.84. The molecule has 4 nitrogen and oxygen atoms in total. The van der Waals surface area contributed by atoms with E-state index in [2.05, 4.69) is 4.98 Å². The Hall–Kier alpha value is -1.21. The Morgan fingerprint density at radius 3 is 2.39 bits per heavy atom. The first kappa shape index (κ1) is 14.9. The number of hydrogen-bond acceptors (Lipinski definition) is 4. The van der Waals surface area contributed by atoms with E-state index in [1.807, 2.05) is 0 Å². The molecule has 1 rings (SSSR count). The third kappa shape index (κ3) is 3.17. The highest BCUT2D eigenvalue weighted by atomic mass is 19.1. The summed E-state index contributed by atoms with van der Waals surface area (Å²) in [5.74, 6) is -2.26. The van der Waals surface area contributed by atoms with Crippen molar-refractivity contribution in [1.29, 1.82) is 0 Å². The molecule has 1 aromatic heterocycles. The molecular formula is C11H16BF2N2O2. The standard InChI is InChI=1S/C11H16BF2N2O2/c1-10(2,17)11(3,4)18-12-6-5-7(13)9(15)16-8(6)14/h5,17H,1-4H3,(H2,15,16). The zero-order chi connectivity index (χ0) is 14.1. The van der Waals surface area contributed by atoms with Gasteiger partial charge in [-0.05, 0) is 33.8 Å². The molecule has 0 aromatic carbocycles. The van der Waals surface area contributed by atoms with Crippen LogP contribution in [0, 0.1) is 11.8 Å². The lowest BCUT2D eigenvalue weighted by Crippen LogP contribution is -2.49.